The average molecular weight is 235 g/mol. The normalized spacial score (nSPS) is 24.7. The first-order valence-corrected chi connectivity index (χ1v) is 5.77. The van der Waals surface area contributed by atoms with Crippen LogP contribution in [0.1, 0.15) is 23.7 Å². The molecule has 1 aromatic rings. The number of hydrogen-bond donors (Lipinski definition) is 2. The van der Waals surface area contributed by atoms with Crippen molar-refractivity contribution in [3.63, 3.8) is 0 Å². The van der Waals surface area contributed by atoms with Gasteiger partial charge in [-0.1, -0.05) is 6.92 Å². The summed E-state index contributed by atoms with van der Waals surface area (Å²) in [5.74, 6) is 0.331. The van der Waals surface area contributed by atoms with Crippen molar-refractivity contribution in [1.82, 2.24) is 9.88 Å². The van der Waals surface area contributed by atoms with Gasteiger partial charge in [0.25, 0.3) is 5.91 Å². The SMILES string of the molecule is CC1CCN(C(=O)c2cccnc2N)CC1O. The Morgan fingerprint density at radius 3 is 3.06 bits per heavy atom. The number of nitrogens with zero attached hydrogens (tertiary/aromatic N) is 2. The number of likely N-dealkylation sites (tertiary alicyclic amines) is 1. The topological polar surface area (TPSA) is 79.5 Å². The smallest absolute Gasteiger partial charge is 0.257 e. The number of anilines is 1. The molecule has 1 saturated heterocycles. The van der Waals surface area contributed by atoms with Gasteiger partial charge >= 0.3 is 0 Å². The number of carbonyl (C=O) groups is 1. The van der Waals surface area contributed by atoms with Gasteiger partial charge in [0.05, 0.1) is 11.7 Å². The Hall–Kier alpha value is -1.62. The quantitative estimate of drug-likeness (QED) is 0.743. The number of amides is 1. The Bertz CT molecular complexity index is 422. The van der Waals surface area contributed by atoms with Crippen LogP contribution in [0.2, 0.25) is 0 Å². The molecule has 1 aliphatic rings. The summed E-state index contributed by atoms with van der Waals surface area (Å²) in [6.07, 6.45) is 1.91. The number of piperidine rings is 1. The third kappa shape index (κ3) is 2.39. The van der Waals surface area contributed by atoms with Gasteiger partial charge in [-0.2, -0.15) is 0 Å². The van der Waals surface area contributed by atoms with Gasteiger partial charge in [0.2, 0.25) is 0 Å². The molecule has 2 rings (SSSR count). The molecule has 3 N–H and O–H groups in total. The van der Waals surface area contributed by atoms with E-state index in [9.17, 15) is 9.90 Å². The number of aromatic nitrogens is 1. The molecule has 5 heteroatoms. The van der Waals surface area contributed by atoms with Crippen LogP contribution in [0.15, 0.2) is 18.3 Å². The average Bonchev–Trinajstić information content (AvgIpc) is 2.32. The van der Waals surface area contributed by atoms with Crippen molar-refractivity contribution in [3.05, 3.63) is 23.9 Å². The van der Waals surface area contributed by atoms with E-state index in [4.69, 9.17) is 5.73 Å². The molecular weight excluding hydrogens is 218 g/mol. The fourth-order valence-electron chi connectivity index (χ4n) is 2.00. The summed E-state index contributed by atoms with van der Waals surface area (Å²) in [4.78, 5) is 17.7. The molecule has 1 fully saturated rings. The van der Waals surface area contributed by atoms with Gasteiger partial charge in [0, 0.05) is 19.3 Å². The third-order valence-corrected chi connectivity index (χ3v) is 3.27. The van der Waals surface area contributed by atoms with Crippen molar-refractivity contribution in [2.24, 2.45) is 5.92 Å². The molecule has 0 aliphatic carbocycles. The zero-order chi connectivity index (χ0) is 12.4. The van der Waals surface area contributed by atoms with Gasteiger partial charge in [0.1, 0.15) is 5.82 Å². The van der Waals surface area contributed by atoms with Gasteiger partial charge in [-0.15, -0.1) is 0 Å². The molecule has 92 valence electrons. The number of rotatable bonds is 1. The Labute approximate surface area is 100 Å². The molecule has 0 aromatic carbocycles. The number of hydrogen-bond acceptors (Lipinski definition) is 4. The van der Waals surface area contributed by atoms with E-state index in [2.05, 4.69) is 4.98 Å². The van der Waals surface area contributed by atoms with Gasteiger partial charge in [-0.25, -0.2) is 4.98 Å². The van der Waals surface area contributed by atoms with E-state index in [1.807, 2.05) is 6.92 Å². The van der Waals surface area contributed by atoms with E-state index in [-0.39, 0.29) is 17.6 Å². The zero-order valence-electron chi connectivity index (χ0n) is 9.84. The van der Waals surface area contributed by atoms with Crippen molar-refractivity contribution in [3.8, 4) is 0 Å². The van der Waals surface area contributed by atoms with Crippen LogP contribution in [-0.2, 0) is 0 Å². The predicted molar refractivity (Wildman–Crippen MR) is 64.3 cm³/mol. The highest BCUT2D eigenvalue weighted by Crippen LogP contribution is 2.20. The van der Waals surface area contributed by atoms with Crippen LogP contribution in [-0.4, -0.2) is 40.1 Å². The number of nitrogen functional groups attached to an aromatic ring is 1. The fourth-order valence-corrected chi connectivity index (χ4v) is 2.00. The standard InChI is InChI=1S/C12H17N3O2/c1-8-4-6-15(7-10(8)16)12(17)9-3-2-5-14-11(9)13/h2-3,5,8,10,16H,4,6-7H2,1H3,(H2,13,14). The maximum absolute atomic E-state index is 12.2. The van der Waals surface area contributed by atoms with Crippen LogP contribution in [0.5, 0.6) is 0 Å². The number of aliphatic hydroxyl groups excluding tert-OH is 1. The van der Waals surface area contributed by atoms with Crippen LogP contribution >= 0.6 is 0 Å². The largest absolute Gasteiger partial charge is 0.391 e. The molecule has 0 radical (unpaired) electrons. The summed E-state index contributed by atoms with van der Waals surface area (Å²) < 4.78 is 0. The van der Waals surface area contributed by atoms with E-state index in [1.54, 1.807) is 23.2 Å². The molecule has 0 bridgehead atoms. The summed E-state index contributed by atoms with van der Waals surface area (Å²) >= 11 is 0. The molecular formula is C12H17N3O2. The molecule has 1 aliphatic heterocycles. The number of pyridine rings is 1. The van der Waals surface area contributed by atoms with Crippen LogP contribution in [0.25, 0.3) is 0 Å². The summed E-state index contributed by atoms with van der Waals surface area (Å²) in [5.41, 5.74) is 6.08. The molecule has 1 aromatic heterocycles. The van der Waals surface area contributed by atoms with Crippen LogP contribution in [0.4, 0.5) is 5.82 Å². The highest BCUT2D eigenvalue weighted by Gasteiger charge is 2.28. The molecule has 0 spiro atoms. The lowest BCUT2D eigenvalue weighted by Gasteiger charge is -2.34. The summed E-state index contributed by atoms with van der Waals surface area (Å²) in [6.45, 7) is 3.02. The Morgan fingerprint density at radius 2 is 2.41 bits per heavy atom. The first-order valence-electron chi connectivity index (χ1n) is 5.77. The molecule has 5 nitrogen and oxygen atoms in total. The van der Waals surface area contributed by atoms with E-state index in [0.717, 1.165) is 6.42 Å². The summed E-state index contributed by atoms with van der Waals surface area (Å²) in [5, 5.41) is 9.77. The first kappa shape index (κ1) is 11.9. The highest BCUT2D eigenvalue weighted by molar-refractivity contribution is 5.98. The van der Waals surface area contributed by atoms with Crippen molar-refractivity contribution in [2.75, 3.05) is 18.8 Å². The maximum atomic E-state index is 12.2. The molecule has 2 heterocycles. The Kier molecular flexibility index (Phi) is 3.28. The monoisotopic (exact) mass is 235 g/mol. The maximum Gasteiger partial charge on any atom is 0.257 e. The highest BCUT2D eigenvalue weighted by atomic mass is 16.3. The first-order chi connectivity index (χ1) is 8.09. The van der Waals surface area contributed by atoms with Crippen molar-refractivity contribution >= 4 is 11.7 Å². The van der Waals surface area contributed by atoms with Crippen LogP contribution in [0.3, 0.4) is 0 Å². The summed E-state index contributed by atoms with van der Waals surface area (Å²) in [6, 6.07) is 3.35. The Morgan fingerprint density at radius 1 is 1.65 bits per heavy atom. The van der Waals surface area contributed by atoms with E-state index >= 15 is 0 Å². The minimum atomic E-state index is -0.453. The van der Waals surface area contributed by atoms with Crippen molar-refractivity contribution < 1.29 is 9.90 Å². The molecule has 17 heavy (non-hydrogen) atoms. The predicted octanol–water partition coefficient (Wildman–Crippen LogP) is 0.507. The Balaban J connectivity index is 2.14. The second-order valence-electron chi connectivity index (χ2n) is 4.52. The summed E-state index contributed by atoms with van der Waals surface area (Å²) in [7, 11) is 0. The van der Waals surface area contributed by atoms with E-state index in [0.29, 0.717) is 18.7 Å². The lowest BCUT2D eigenvalue weighted by atomic mass is 9.95. The number of nitrogens with two attached hydrogens (primary N) is 1. The molecule has 0 saturated carbocycles. The number of β-amino-alcohol motifs (C(OH)–C–C–N with tert-alkyl or cyclic N) is 1. The van der Waals surface area contributed by atoms with E-state index in [1.165, 1.54) is 0 Å². The van der Waals surface area contributed by atoms with Crippen LogP contribution < -0.4 is 5.73 Å². The van der Waals surface area contributed by atoms with Crippen molar-refractivity contribution in [1.29, 1.82) is 0 Å². The van der Waals surface area contributed by atoms with Gasteiger partial charge in [-0.3, -0.25) is 4.79 Å². The fraction of sp³-hybridized carbons (Fsp3) is 0.500. The van der Waals surface area contributed by atoms with Crippen molar-refractivity contribution in [2.45, 2.75) is 19.4 Å². The lowest BCUT2D eigenvalue weighted by molar-refractivity contribution is 0.0249. The molecule has 1 amide bonds. The minimum Gasteiger partial charge on any atom is -0.391 e. The number of carbonyl (C=O) groups excluding carboxylic acids is 1. The van der Waals surface area contributed by atoms with Crippen LogP contribution in [0, 0.1) is 5.92 Å². The number of aliphatic hydroxyl groups is 1. The zero-order valence-corrected chi connectivity index (χ0v) is 9.84. The minimum absolute atomic E-state index is 0.151. The third-order valence-electron chi connectivity index (χ3n) is 3.27. The second kappa shape index (κ2) is 4.71. The lowest BCUT2D eigenvalue weighted by Crippen LogP contribution is -2.46. The molecule has 2 unspecified atom stereocenters. The van der Waals surface area contributed by atoms with E-state index < -0.39 is 6.10 Å². The molecule has 2 atom stereocenters. The van der Waals surface area contributed by atoms with Gasteiger partial charge < -0.3 is 15.7 Å². The second-order valence-corrected chi connectivity index (χ2v) is 4.52. The van der Waals surface area contributed by atoms with Gasteiger partial charge in [-0.05, 0) is 24.5 Å². The van der Waals surface area contributed by atoms with Gasteiger partial charge in [0.15, 0.2) is 0 Å².